The predicted molar refractivity (Wildman–Crippen MR) is 116 cm³/mol. The average Bonchev–Trinajstić information content (AvgIpc) is 2.66. The van der Waals surface area contributed by atoms with Crippen molar-refractivity contribution in [2.45, 2.75) is 53.4 Å². The maximum Gasteiger partial charge on any atom is 0.538 e. The quantitative estimate of drug-likeness (QED) is 0.113. The van der Waals surface area contributed by atoms with E-state index in [2.05, 4.69) is 49.8 Å². The highest BCUT2D eigenvalue weighted by molar-refractivity contribution is 7.62. The molecule has 0 aromatic heterocycles. The first-order chi connectivity index (χ1) is 13.6. The van der Waals surface area contributed by atoms with Crippen molar-refractivity contribution in [3.05, 3.63) is 53.5 Å². The van der Waals surface area contributed by atoms with Crippen molar-refractivity contribution in [1.29, 1.82) is 0 Å². The number of rotatable bonds is 15. The van der Waals surface area contributed by atoms with Gasteiger partial charge in [0.1, 0.15) is 6.26 Å². The maximum atomic E-state index is 12.5. The summed E-state index contributed by atoms with van der Waals surface area (Å²) in [4.78, 5) is 0. The summed E-state index contributed by atoms with van der Waals surface area (Å²) in [5.74, 6) is 0. The zero-order valence-corrected chi connectivity index (χ0v) is 20.1. The molecule has 0 rings (SSSR count). The van der Waals surface area contributed by atoms with Crippen LogP contribution in [0.3, 0.4) is 0 Å². The lowest BCUT2D eigenvalue weighted by molar-refractivity contribution is 0.157. The smallest absolute Gasteiger partial charge is 0.403 e. The molecule has 0 saturated carbocycles. The SMILES string of the molecule is C=C=COP(=O)(OC)OP(=O)(OC)OCC=C(C)CCC=C(C)CCC=C(C)C. The van der Waals surface area contributed by atoms with Crippen molar-refractivity contribution in [3.8, 4) is 0 Å². The first-order valence-corrected chi connectivity index (χ1v) is 12.2. The lowest BCUT2D eigenvalue weighted by Gasteiger charge is -2.19. The fourth-order valence-corrected chi connectivity index (χ4v) is 4.55. The molecule has 0 heterocycles. The fraction of sp³-hybridized carbons (Fsp3) is 0.550. The van der Waals surface area contributed by atoms with E-state index in [0.717, 1.165) is 51.7 Å². The van der Waals surface area contributed by atoms with Gasteiger partial charge in [0.05, 0.1) is 6.61 Å². The van der Waals surface area contributed by atoms with Crippen molar-refractivity contribution in [3.63, 3.8) is 0 Å². The van der Waals surface area contributed by atoms with Gasteiger partial charge in [0, 0.05) is 14.2 Å². The molecule has 0 aromatic carbocycles. The van der Waals surface area contributed by atoms with Crippen LogP contribution in [0.15, 0.2) is 53.5 Å². The molecule has 2 unspecified atom stereocenters. The van der Waals surface area contributed by atoms with Crippen LogP contribution in [0.5, 0.6) is 0 Å². The summed E-state index contributed by atoms with van der Waals surface area (Å²) in [6.07, 6.45) is 10.9. The van der Waals surface area contributed by atoms with Crippen molar-refractivity contribution < 1.29 is 31.5 Å². The molecule has 0 spiro atoms. The van der Waals surface area contributed by atoms with Crippen LogP contribution in [0.4, 0.5) is 0 Å². The van der Waals surface area contributed by atoms with Gasteiger partial charge in [-0.25, -0.2) is 9.13 Å². The van der Waals surface area contributed by atoms with Gasteiger partial charge in [-0.15, -0.1) is 0 Å². The third-order valence-corrected chi connectivity index (χ3v) is 7.02. The van der Waals surface area contributed by atoms with Gasteiger partial charge in [0.15, 0.2) is 0 Å². The van der Waals surface area contributed by atoms with Gasteiger partial charge in [0.2, 0.25) is 0 Å². The number of allylic oxidation sites excluding steroid dienone is 5. The van der Waals surface area contributed by atoms with Crippen LogP contribution in [-0.4, -0.2) is 20.8 Å². The Labute approximate surface area is 175 Å². The van der Waals surface area contributed by atoms with E-state index in [1.807, 2.05) is 6.92 Å². The predicted octanol–water partition coefficient (Wildman–Crippen LogP) is 7.26. The summed E-state index contributed by atoms with van der Waals surface area (Å²) in [5, 5.41) is 0. The lowest BCUT2D eigenvalue weighted by atomic mass is 10.1. The second kappa shape index (κ2) is 14.8. The van der Waals surface area contributed by atoms with E-state index in [-0.39, 0.29) is 6.61 Å². The van der Waals surface area contributed by atoms with Gasteiger partial charge >= 0.3 is 15.6 Å². The zero-order valence-electron chi connectivity index (χ0n) is 18.3. The Morgan fingerprint density at radius 1 is 0.897 bits per heavy atom. The van der Waals surface area contributed by atoms with Gasteiger partial charge in [-0.1, -0.05) is 47.3 Å². The molecule has 2 atom stereocenters. The van der Waals surface area contributed by atoms with Crippen LogP contribution < -0.4 is 0 Å². The third kappa shape index (κ3) is 13.6. The maximum absolute atomic E-state index is 12.5. The lowest BCUT2D eigenvalue weighted by Crippen LogP contribution is -2.00. The van der Waals surface area contributed by atoms with Crippen molar-refractivity contribution in [2.24, 2.45) is 0 Å². The average molecular weight is 448 g/mol. The van der Waals surface area contributed by atoms with E-state index in [9.17, 15) is 9.13 Å². The fourth-order valence-electron chi connectivity index (χ4n) is 2.04. The Hall–Kier alpha value is -1.16. The first-order valence-electron chi connectivity index (χ1n) is 9.24. The van der Waals surface area contributed by atoms with Gasteiger partial charge in [-0.2, -0.15) is 4.31 Å². The minimum atomic E-state index is -4.17. The Kier molecular flexibility index (Phi) is 14.2. The molecule has 0 saturated heterocycles. The normalized spacial score (nSPS) is 16.3. The third-order valence-electron chi connectivity index (χ3n) is 3.70. The van der Waals surface area contributed by atoms with E-state index >= 15 is 0 Å². The number of hydrogen-bond acceptors (Lipinski definition) is 7. The molecule has 0 aliphatic carbocycles. The molecule has 0 aliphatic rings. The van der Waals surface area contributed by atoms with E-state index in [4.69, 9.17) is 17.9 Å². The summed E-state index contributed by atoms with van der Waals surface area (Å²) >= 11 is 0. The van der Waals surface area contributed by atoms with Crippen LogP contribution in [0, 0.1) is 0 Å². The Morgan fingerprint density at radius 3 is 1.97 bits per heavy atom. The monoisotopic (exact) mass is 448 g/mol. The summed E-state index contributed by atoms with van der Waals surface area (Å²) in [6, 6.07) is 0. The van der Waals surface area contributed by atoms with Crippen LogP contribution in [-0.2, 0) is 31.5 Å². The molecule has 0 radical (unpaired) electrons. The summed E-state index contributed by atoms with van der Waals surface area (Å²) < 4.78 is 48.8. The minimum Gasteiger partial charge on any atom is -0.403 e. The highest BCUT2D eigenvalue weighted by atomic mass is 31.3. The highest BCUT2D eigenvalue weighted by Crippen LogP contribution is 2.65. The highest BCUT2D eigenvalue weighted by Gasteiger charge is 2.39. The van der Waals surface area contributed by atoms with Crippen LogP contribution in [0.1, 0.15) is 53.4 Å². The second-order valence-corrected chi connectivity index (χ2v) is 10.2. The van der Waals surface area contributed by atoms with Crippen molar-refractivity contribution in [2.75, 3.05) is 20.8 Å². The number of hydrogen-bond donors (Lipinski definition) is 0. The molecule has 0 fully saturated rings. The first kappa shape index (κ1) is 27.8. The van der Waals surface area contributed by atoms with Gasteiger partial charge < -0.3 is 4.52 Å². The standard InChI is InChI=1S/C20H34O7P2/c1-8-16-25-28(21,23-6)27-29(22,24-7)26-17-15-20(5)14-10-13-19(4)12-9-11-18(2)3/h11,13,15-16H,1,9-10,12,14,17H2,2-7H3. The van der Waals surface area contributed by atoms with Crippen LogP contribution in [0.2, 0.25) is 0 Å². The molecule has 0 N–H and O–H groups in total. The molecule has 0 aromatic rings. The van der Waals surface area contributed by atoms with Crippen molar-refractivity contribution >= 4 is 15.6 Å². The summed E-state index contributed by atoms with van der Waals surface area (Å²) in [6.45, 7) is 11.5. The molecule has 0 aliphatic heterocycles. The molecular formula is C20H34O7P2. The molecule has 166 valence electrons. The molecule has 29 heavy (non-hydrogen) atoms. The van der Waals surface area contributed by atoms with Gasteiger partial charge in [-0.3, -0.25) is 13.6 Å². The molecule has 7 nitrogen and oxygen atoms in total. The van der Waals surface area contributed by atoms with E-state index in [1.54, 1.807) is 6.08 Å². The topological polar surface area (TPSA) is 80.3 Å². The minimum absolute atomic E-state index is 0.0404. The summed E-state index contributed by atoms with van der Waals surface area (Å²) in [7, 11) is -6.11. The largest absolute Gasteiger partial charge is 0.538 e. The Bertz CT molecular complexity index is 727. The number of phosphoric ester groups is 2. The van der Waals surface area contributed by atoms with Crippen LogP contribution in [0.25, 0.3) is 0 Å². The van der Waals surface area contributed by atoms with Crippen LogP contribution >= 0.6 is 15.6 Å². The Morgan fingerprint density at radius 2 is 1.45 bits per heavy atom. The van der Waals surface area contributed by atoms with Crippen molar-refractivity contribution in [1.82, 2.24) is 0 Å². The van der Waals surface area contributed by atoms with E-state index in [0.29, 0.717) is 0 Å². The Balaban J connectivity index is 4.61. The van der Waals surface area contributed by atoms with Gasteiger partial charge in [-0.05, 0) is 53.4 Å². The van der Waals surface area contributed by atoms with E-state index in [1.165, 1.54) is 11.1 Å². The molecular weight excluding hydrogens is 414 g/mol. The zero-order chi connectivity index (χ0) is 22.3. The molecule has 0 amide bonds. The summed E-state index contributed by atoms with van der Waals surface area (Å²) in [5.41, 5.74) is 5.99. The van der Waals surface area contributed by atoms with E-state index < -0.39 is 15.6 Å². The number of phosphoric acid groups is 2. The molecule has 0 bridgehead atoms. The van der Waals surface area contributed by atoms with Gasteiger partial charge in [0.25, 0.3) is 0 Å². The molecule has 9 heteroatoms. The second-order valence-electron chi connectivity index (χ2n) is 6.52.